The predicted molar refractivity (Wildman–Crippen MR) is 41.8 cm³/mol. The van der Waals surface area contributed by atoms with E-state index in [1.54, 1.807) is 0 Å². The van der Waals surface area contributed by atoms with Gasteiger partial charge in [0.15, 0.2) is 0 Å². The quantitative estimate of drug-likeness (QED) is 0.577. The molecule has 1 rings (SSSR count). The van der Waals surface area contributed by atoms with E-state index in [9.17, 15) is 13.8 Å². The molecular formula is C6H9NO4S. The number of rotatable bonds is 1. The maximum Gasteiger partial charge on any atom is 0.327 e. The molecule has 0 saturated carbocycles. The molecule has 0 aromatic heterocycles. The molecular weight excluding hydrogens is 182 g/mol. The van der Waals surface area contributed by atoms with Crippen LogP contribution in [0.5, 0.6) is 0 Å². The Hall–Kier alpha value is -0.910. The number of hydrogen-bond acceptors (Lipinski definition) is 3. The lowest BCUT2D eigenvalue weighted by Gasteiger charge is -2.17. The Labute approximate surface area is 71.8 Å². The lowest BCUT2D eigenvalue weighted by atomic mass is 10.3. The summed E-state index contributed by atoms with van der Waals surface area (Å²) in [7, 11) is -1.20. The SMILES string of the molecule is CC(=O)N1CS(=O)C[C@@H]1C(=O)O. The van der Waals surface area contributed by atoms with Crippen LogP contribution < -0.4 is 0 Å². The molecule has 1 unspecified atom stereocenters. The van der Waals surface area contributed by atoms with Crippen LogP contribution in [0.3, 0.4) is 0 Å². The summed E-state index contributed by atoms with van der Waals surface area (Å²) in [6, 6.07) is -0.900. The summed E-state index contributed by atoms with van der Waals surface area (Å²) in [4.78, 5) is 22.5. The molecule has 0 bridgehead atoms. The van der Waals surface area contributed by atoms with Gasteiger partial charge in [-0.05, 0) is 0 Å². The molecule has 1 aliphatic rings. The number of carbonyl (C=O) groups excluding carboxylic acids is 1. The lowest BCUT2D eigenvalue weighted by molar-refractivity contribution is -0.146. The van der Waals surface area contributed by atoms with Crippen molar-refractivity contribution >= 4 is 22.7 Å². The molecule has 1 aliphatic heterocycles. The van der Waals surface area contributed by atoms with Gasteiger partial charge in [0.25, 0.3) is 0 Å². The standard InChI is InChI=1S/C6H9NO4S/c1-4(8)7-3-12(11)2-5(7)6(9)10/h5H,2-3H2,1H3,(H,9,10)/t5-,12?/m1/s1. The Bertz CT molecular complexity index is 228. The van der Waals surface area contributed by atoms with Crippen LogP contribution in [0.4, 0.5) is 0 Å². The Morgan fingerprint density at radius 1 is 1.58 bits per heavy atom. The van der Waals surface area contributed by atoms with Gasteiger partial charge < -0.3 is 10.0 Å². The molecule has 1 fully saturated rings. The van der Waals surface area contributed by atoms with Gasteiger partial charge in [-0.25, -0.2) is 4.79 Å². The van der Waals surface area contributed by atoms with Gasteiger partial charge in [0.1, 0.15) is 6.04 Å². The minimum Gasteiger partial charge on any atom is -0.480 e. The zero-order valence-electron chi connectivity index (χ0n) is 6.52. The highest BCUT2D eigenvalue weighted by Gasteiger charge is 2.36. The lowest BCUT2D eigenvalue weighted by Crippen LogP contribution is -2.40. The van der Waals surface area contributed by atoms with Crippen molar-refractivity contribution < 1.29 is 18.9 Å². The van der Waals surface area contributed by atoms with E-state index in [1.807, 2.05) is 0 Å². The van der Waals surface area contributed by atoms with Crippen molar-refractivity contribution in [2.24, 2.45) is 0 Å². The first kappa shape index (κ1) is 9.18. The normalized spacial score (nSPS) is 28.9. The summed E-state index contributed by atoms with van der Waals surface area (Å²) in [5, 5.41) is 8.62. The summed E-state index contributed by atoms with van der Waals surface area (Å²) >= 11 is 0. The largest absolute Gasteiger partial charge is 0.480 e. The fourth-order valence-electron chi connectivity index (χ4n) is 1.08. The average molecular weight is 191 g/mol. The van der Waals surface area contributed by atoms with E-state index in [2.05, 4.69) is 0 Å². The van der Waals surface area contributed by atoms with Crippen LogP contribution in [0.15, 0.2) is 0 Å². The molecule has 12 heavy (non-hydrogen) atoms. The summed E-state index contributed by atoms with van der Waals surface area (Å²) in [5.41, 5.74) is 0. The molecule has 1 N–H and O–H groups in total. The predicted octanol–water partition coefficient (Wildman–Crippen LogP) is -0.992. The number of carboxylic acids is 1. The van der Waals surface area contributed by atoms with Crippen LogP contribution in [0.1, 0.15) is 6.92 Å². The maximum absolute atomic E-state index is 10.9. The van der Waals surface area contributed by atoms with E-state index in [-0.39, 0.29) is 17.5 Å². The van der Waals surface area contributed by atoms with E-state index < -0.39 is 22.8 Å². The molecule has 5 nitrogen and oxygen atoms in total. The zero-order valence-corrected chi connectivity index (χ0v) is 7.34. The van der Waals surface area contributed by atoms with Crippen LogP contribution in [-0.2, 0) is 20.4 Å². The van der Waals surface area contributed by atoms with Gasteiger partial charge in [0, 0.05) is 17.7 Å². The van der Waals surface area contributed by atoms with Crippen LogP contribution in [0, 0.1) is 0 Å². The number of carbonyl (C=O) groups is 2. The number of hydrogen-bond donors (Lipinski definition) is 1. The second-order valence-electron chi connectivity index (χ2n) is 2.58. The molecule has 1 heterocycles. The van der Waals surface area contributed by atoms with Crippen molar-refractivity contribution in [3.05, 3.63) is 0 Å². The molecule has 6 heteroatoms. The third-order valence-corrected chi connectivity index (χ3v) is 2.95. The molecule has 0 spiro atoms. The van der Waals surface area contributed by atoms with Gasteiger partial charge in [-0.2, -0.15) is 0 Å². The minimum atomic E-state index is -1.20. The molecule has 68 valence electrons. The van der Waals surface area contributed by atoms with Gasteiger partial charge in [0.05, 0.1) is 11.6 Å². The van der Waals surface area contributed by atoms with Crippen molar-refractivity contribution in [1.82, 2.24) is 4.90 Å². The summed E-state index contributed by atoms with van der Waals surface area (Å²) < 4.78 is 10.9. The first-order chi connectivity index (χ1) is 5.52. The monoisotopic (exact) mass is 191 g/mol. The topological polar surface area (TPSA) is 74.7 Å². The number of amides is 1. The van der Waals surface area contributed by atoms with E-state index in [1.165, 1.54) is 6.92 Å². The van der Waals surface area contributed by atoms with Crippen LogP contribution in [0.25, 0.3) is 0 Å². The van der Waals surface area contributed by atoms with Crippen molar-refractivity contribution in [3.8, 4) is 0 Å². The fraction of sp³-hybridized carbons (Fsp3) is 0.667. The number of aliphatic carboxylic acids is 1. The highest BCUT2D eigenvalue weighted by atomic mass is 32.2. The molecule has 2 atom stereocenters. The zero-order chi connectivity index (χ0) is 9.30. The van der Waals surface area contributed by atoms with Gasteiger partial charge >= 0.3 is 5.97 Å². The van der Waals surface area contributed by atoms with Gasteiger partial charge in [-0.15, -0.1) is 0 Å². The van der Waals surface area contributed by atoms with E-state index >= 15 is 0 Å². The fourth-order valence-corrected chi connectivity index (χ4v) is 2.53. The number of carboxylic acid groups (broad SMARTS) is 1. The molecule has 0 aromatic carbocycles. The second-order valence-corrected chi connectivity index (χ2v) is 4.05. The third kappa shape index (κ3) is 1.63. The second kappa shape index (κ2) is 3.22. The van der Waals surface area contributed by atoms with E-state index in [0.717, 1.165) is 4.90 Å². The van der Waals surface area contributed by atoms with Crippen molar-refractivity contribution in [2.45, 2.75) is 13.0 Å². The average Bonchev–Trinajstić information content (AvgIpc) is 2.31. The Balaban J connectivity index is 2.79. The smallest absolute Gasteiger partial charge is 0.327 e. The van der Waals surface area contributed by atoms with Gasteiger partial charge in [0.2, 0.25) is 5.91 Å². The Morgan fingerprint density at radius 2 is 2.17 bits per heavy atom. The third-order valence-electron chi connectivity index (χ3n) is 1.69. The molecule has 0 aliphatic carbocycles. The Morgan fingerprint density at radius 3 is 2.50 bits per heavy atom. The molecule has 0 aromatic rings. The summed E-state index contributed by atoms with van der Waals surface area (Å²) in [5.74, 6) is -1.33. The highest BCUT2D eigenvalue weighted by Crippen LogP contribution is 2.12. The maximum atomic E-state index is 10.9. The van der Waals surface area contributed by atoms with Crippen LogP contribution in [0.2, 0.25) is 0 Å². The van der Waals surface area contributed by atoms with Crippen molar-refractivity contribution in [3.63, 3.8) is 0 Å². The van der Waals surface area contributed by atoms with Crippen molar-refractivity contribution in [1.29, 1.82) is 0 Å². The highest BCUT2D eigenvalue weighted by molar-refractivity contribution is 7.85. The van der Waals surface area contributed by atoms with Crippen molar-refractivity contribution in [2.75, 3.05) is 11.6 Å². The van der Waals surface area contributed by atoms with Crippen LogP contribution >= 0.6 is 0 Å². The summed E-state index contributed by atoms with van der Waals surface area (Å²) in [6.45, 7) is 1.28. The summed E-state index contributed by atoms with van der Waals surface area (Å²) in [6.07, 6.45) is 0. The van der Waals surface area contributed by atoms with Gasteiger partial charge in [-0.3, -0.25) is 9.00 Å². The van der Waals surface area contributed by atoms with Crippen LogP contribution in [-0.4, -0.2) is 43.8 Å². The first-order valence-electron chi connectivity index (χ1n) is 3.37. The Kier molecular flexibility index (Phi) is 2.46. The van der Waals surface area contributed by atoms with E-state index in [0.29, 0.717) is 0 Å². The van der Waals surface area contributed by atoms with E-state index in [4.69, 9.17) is 5.11 Å². The molecule has 1 saturated heterocycles. The van der Waals surface area contributed by atoms with Gasteiger partial charge in [-0.1, -0.05) is 0 Å². The first-order valence-corrected chi connectivity index (χ1v) is 4.86. The number of nitrogens with zero attached hydrogens (tertiary/aromatic N) is 1. The molecule has 0 radical (unpaired) electrons. The minimum absolute atomic E-state index is 0.0479. The molecule has 1 amide bonds.